The summed E-state index contributed by atoms with van der Waals surface area (Å²) in [6.07, 6.45) is 6.59. The van der Waals surface area contributed by atoms with E-state index >= 15 is 0 Å². The van der Waals surface area contributed by atoms with Gasteiger partial charge in [0.15, 0.2) is 0 Å². The number of fused-ring (bicyclic) bond motifs is 2. The summed E-state index contributed by atoms with van der Waals surface area (Å²) in [4.78, 5) is 46.1. The van der Waals surface area contributed by atoms with Crippen LogP contribution in [0.2, 0.25) is 0 Å². The van der Waals surface area contributed by atoms with E-state index in [9.17, 15) is 19.5 Å². The number of nitrogens with one attached hydrogen (secondary N) is 2. The average Bonchev–Trinajstić information content (AvgIpc) is 3.54. The van der Waals surface area contributed by atoms with Crippen molar-refractivity contribution in [1.82, 2.24) is 15.2 Å². The Labute approximate surface area is 216 Å². The van der Waals surface area contributed by atoms with Gasteiger partial charge in [-0.1, -0.05) is 61.2 Å². The Morgan fingerprint density at radius 3 is 2.57 bits per heavy atom. The number of imide groups is 1. The number of carbonyl (C=O) groups is 3. The smallest absolute Gasteiger partial charge is 0.325 e. The molecule has 4 atom stereocenters. The summed E-state index contributed by atoms with van der Waals surface area (Å²) in [6, 6.07) is 13.1. The third-order valence-corrected chi connectivity index (χ3v) is 8.92. The summed E-state index contributed by atoms with van der Waals surface area (Å²) in [5.41, 5.74) is 3.03. The van der Waals surface area contributed by atoms with Crippen molar-refractivity contribution < 1.29 is 19.5 Å². The standard InChI is InChI=1S/C30H33N3O4/c1-17-12-13-18(2)22(14-17)26-24-25(28(35)33(27(24)34)20-8-4-3-5-9-20)30(32-26,29(36)37)15-19-16-31-23-11-7-6-10-21(19)23/h6-7,10-14,16,20,24-26,31-32H,3-5,8-9,15H2,1-2H3,(H,36,37). The number of aromatic nitrogens is 1. The number of carbonyl (C=O) groups excluding carboxylic acids is 2. The van der Waals surface area contributed by atoms with Crippen molar-refractivity contribution >= 4 is 28.7 Å². The van der Waals surface area contributed by atoms with Crippen molar-refractivity contribution in [1.29, 1.82) is 0 Å². The fourth-order valence-corrected chi connectivity index (χ4v) is 7.10. The number of nitrogens with zero attached hydrogens (tertiary/aromatic N) is 1. The number of hydrogen-bond donors (Lipinski definition) is 3. The van der Waals surface area contributed by atoms with Gasteiger partial charge in [-0.3, -0.25) is 24.6 Å². The molecule has 3 aromatic rings. The Morgan fingerprint density at radius 2 is 1.81 bits per heavy atom. The Balaban J connectivity index is 1.50. The van der Waals surface area contributed by atoms with Gasteiger partial charge in [-0.15, -0.1) is 0 Å². The summed E-state index contributed by atoms with van der Waals surface area (Å²) in [7, 11) is 0. The number of H-pyrrole nitrogens is 1. The lowest BCUT2D eigenvalue weighted by molar-refractivity contribution is -0.152. The molecule has 1 saturated carbocycles. The van der Waals surface area contributed by atoms with Crippen LogP contribution in [0.4, 0.5) is 0 Å². The van der Waals surface area contributed by atoms with Crippen molar-refractivity contribution in [2.45, 2.75) is 70.0 Å². The average molecular weight is 500 g/mol. The topological polar surface area (TPSA) is 102 Å². The van der Waals surface area contributed by atoms with Crippen molar-refractivity contribution in [3.63, 3.8) is 0 Å². The molecule has 3 aliphatic rings. The summed E-state index contributed by atoms with van der Waals surface area (Å²) < 4.78 is 0. The van der Waals surface area contributed by atoms with Crippen LogP contribution in [-0.4, -0.2) is 44.4 Å². The Kier molecular flexibility index (Phi) is 5.71. The number of aryl methyl sites for hydroxylation is 2. The van der Waals surface area contributed by atoms with Gasteiger partial charge in [0, 0.05) is 35.6 Å². The number of carboxylic acids is 1. The van der Waals surface area contributed by atoms with Crippen molar-refractivity contribution in [3.05, 3.63) is 70.9 Å². The maximum Gasteiger partial charge on any atom is 0.325 e. The molecular weight excluding hydrogens is 466 g/mol. The van der Waals surface area contributed by atoms with Crippen LogP contribution in [0.3, 0.4) is 0 Å². The Hall–Kier alpha value is -3.45. The minimum absolute atomic E-state index is 0.104. The van der Waals surface area contributed by atoms with E-state index in [1.807, 2.05) is 62.5 Å². The van der Waals surface area contributed by atoms with Gasteiger partial charge in [0.05, 0.1) is 11.8 Å². The molecule has 2 amide bonds. The molecule has 4 unspecified atom stereocenters. The van der Waals surface area contributed by atoms with Gasteiger partial charge in [-0.25, -0.2) is 0 Å². The summed E-state index contributed by atoms with van der Waals surface area (Å²) in [5.74, 6) is -3.37. The molecule has 2 aliphatic heterocycles. The summed E-state index contributed by atoms with van der Waals surface area (Å²) in [6.45, 7) is 3.97. The molecule has 7 nitrogen and oxygen atoms in total. The molecule has 6 rings (SSSR count). The first-order valence-corrected chi connectivity index (χ1v) is 13.3. The number of likely N-dealkylation sites (tertiary alicyclic amines) is 1. The molecule has 1 aliphatic carbocycles. The molecule has 0 bridgehead atoms. The highest BCUT2D eigenvalue weighted by atomic mass is 16.4. The molecule has 1 aromatic heterocycles. The van der Waals surface area contributed by atoms with Crippen molar-refractivity contribution in [2.24, 2.45) is 11.8 Å². The SMILES string of the molecule is Cc1ccc(C)c(C2NC(Cc3c[nH]c4ccccc34)(C(=O)O)C3C(=O)N(C4CCCCC4)C(=O)C23)c1. The van der Waals surface area contributed by atoms with Gasteiger partial charge in [-0.05, 0) is 49.4 Å². The van der Waals surface area contributed by atoms with Gasteiger partial charge < -0.3 is 10.1 Å². The first-order valence-electron chi connectivity index (χ1n) is 13.3. The van der Waals surface area contributed by atoms with Crippen LogP contribution in [0.25, 0.3) is 10.9 Å². The van der Waals surface area contributed by atoms with E-state index in [1.165, 1.54) is 4.90 Å². The zero-order valence-corrected chi connectivity index (χ0v) is 21.3. The highest BCUT2D eigenvalue weighted by Crippen LogP contribution is 2.52. The lowest BCUT2D eigenvalue weighted by Gasteiger charge is -2.34. The number of para-hydroxylation sites is 1. The number of hydrogen-bond acceptors (Lipinski definition) is 4. The van der Waals surface area contributed by atoms with Crippen LogP contribution in [0.5, 0.6) is 0 Å². The lowest BCUT2D eigenvalue weighted by atomic mass is 9.76. The highest BCUT2D eigenvalue weighted by molar-refractivity contribution is 6.10. The molecule has 3 fully saturated rings. The monoisotopic (exact) mass is 499 g/mol. The molecule has 2 saturated heterocycles. The fourth-order valence-electron chi connectivity index (χ4n) is 7.10. The van der Waals surface area contributed by atoms with Gasteiger partial charge in [0.1, 0.15) is 5.54 Å². The second kappa shape index (κ2) is 8.84. The normalized spacial score (nSPS) is 28.3. The third-order valence-electron chi connectivity index (χ3n) is 8.92. The fraction of sp³-hybridized carbons (Fsp3) is 0.433. The predicted octanol–water partition coefficient (Wildman–Crippen LogP) is 4.43. The van der Waals surface area contributed by atoms with E-state index < -0.39 is 29.4 Å². The zero-order valence-electron chi connectivity index (χ0n) is 21.3. The summed E-state index contributed by atoms with van der Waals surface area (Å²) >= 11 is 0. The Morgan fingerprint density at radius 1 is 1.05 bits per heavy atom. The second-order valence-corrected chi connectivity index (χ2v) is 11.1. The molecule has 0 spiro atoms. The number of aromatic amines is 1. The number of carboxylic acid groups (broad SMARTS) is 1. The van der Waals surface area contributed by atoms with Gasteiger partial charge >= 0.3 is 5.97 Å². The van der Waals surface area contributed by atoms with Crippen LogP contribution in [-0.2, 0) is 20.8 Å². The quantitative estimate of drug-likeness (QED) is 0.451. The van der Waals surface area contributed by atoms with E-state index in [-0.39, 0.29) is 24.3 Å². The first kappa shape index (κ1) is 23.9. The van der Waals surface area contributed by atoms with Crippen LogP contribution >= 0.6 is 0 Å². The minimum atomic E-state index is -1.60. The zero-order chi connectivity index (χ0) is 25.9. The number of benzene rings is 2. The van der Waals surface area contributed by atoms with Crippen LogP contribution in [0.15, 0.2) is 48.7 Å². The summed E-state index contributed by atoms with van der Waals surface area (Å²) in [5, 5.41) is 15.1. The van der Waals surface area contributed by atoms with E-state index in [2.05, 4.69) is 10.3 Å². The molecular formula is C30H33N3O4. The van der Waals surface area contributed by atoms with Crippen molar-refractivity contribution in [2.75, 3.05) is 0 Å². The van der Waals surface area contributed by atoms with Crippen LogP contribution in [0.1, 0.15) is 60.4 Å². The molecule has 3 heterocycles. The lowest BCUT2D eigenvalue weighted by Crippen LogP contribution is -2.58. The first-order chi connectivity index (χ1) is 17.8. The molecule has 3 N–H and O–H groups in total. The molecule has 37 heavy (non-hydrogen) atoms. The number of rotatable bonds is 5. The van der Waals surface area contributed by atoms with E-state index in [1.54, 1.807) is 0 Å². The van der Waals surface area contributed by atoms with Gasteiger partial charge in [-0.2, -0.15) is 0 Å². The van der Waals surface area contributed by atoms with Crippen LogP contribution < -0.4 is 5.32 Å². The van der Waals surface area contributed by atoms with E-state index in [4.69, 9.17) is 0 Å². The highest BCUT2D eigenvalue weighted by Gasteiger charge is 2.69. The maximum absolute atomic E-state index is 14.1. The largest absolute Gasteiger partial charge is 0.480 e. The van der Waals surface area contributed by atoms with Gasteiger partial charge in [0.25, 0.3) is 0 Å². The van der Waals surface area contributed by atoms with Crippen molar-refractivity contribution in [3.8, 4) is 0 Å². The molecule has 192 valence electrons. The molecule has 0 radical (unpaired) electrons. The van der Waals surface area contributed by atoms with E-state index in [0.29, 0.717) is 0 Å². The molecule has 2 aromatic carbocycles. The maximum atomic E-state index is 14.1. The predicted molar refractivity (Wildman–Crippen MR) is 140 cm³/mol. The number of aliphatic carboxylic acids is 1. The van der Waals surface area contributed by atoms with Gasteiger partial charge in [0.2, 0.25) is 11.8 Å². The molecule has 7 heteroatoms. The Bertz CT molecular complexity index is 1400. The van der Waals surface area contributed by atoms with Crippen LogP contribution in [0, 0.1) is 25.7 Å². The minimum Gasteiger partial charge on any atom is -0.480 e. The second-order valence-electron chi connectivity index (χ2n) is 11.1. The van der Waals surface area contributed by atoms with E-state index in [0.717, 1.165) is 65.3 Å². The third kappa shape index (κ3) is 3.62. The number of amides is 2.